The molecule has 0 fully saturated rings. The smallest absolute Gasteiger partial charge is 0.339 e. The summed E-state index contributed by atoms with van der Waals surface area (Å²) in [5, 5.41) is 12.4. The van der Waals surface area contributed by atoms with Crippen LogP contribution in [0.1, 0.15) is 27.2 Å². The van der Waals surface area contributed by atoms with E-state index in [1.165, 1.54) is 0 Å². The minimum Gasteiger partial charge on any atom is -0.497 e. The Morgan fingerprint density at radius 3 is 2.56 bits per heavy atom. The van der Waals surface area contributed by atoms with E-state index >= 15 is 0 Å². The molecular weight excluding hydrogens is 434 g/mol. The summed E-state index contributed by atoms with van der Waals surface area (Å²) < 4.78 is 15.9. The fourth-order valence-electron chi connectivity index (χ4n) is 3.48. The Morgan fingerprint density at radius 2 is 1.85 bits per heavy atom. The van der Waals surface area contributed by atoms with Crippen LogP contribution >= 0.6 is 0 Å². The van der Waals surface area contributed by atoms with Crippen molar-refractivity contribution in [2.24, 2.45) is 0 Å². The number of methoxy groups -OCH3 is 1. The maximum Gasteiger partial charge on any atom is 0.339 e. The number of nitriles is 1. The van der Waals surface area contributed by atoms with Crippen molar-refractivity contribution in [3.8, 4) is 23.1 Å². The summed E-state index contributed by atoms with van der Waals surface area (Å²) in [6, 6.07) is 18.1. The second kappa shape index (κ2) is 9.46. The van der Waals surface area contributed by atoms with Crippen molar-refractivity contribution < 1.29 is 23.5 Å². The van der Waals surface area contributed by atoms with Crippen LogP contribution in [0.3, 0.4) is 0 Å². The number of rotatable bonds is 6. The SMILES string of the molecule is COc1ccc(-c2cc(C(=O)OCC(=O)Nc3oc(C)c(C)c3C#N)c3ccccc3n2)cc1. The highest BCUT2D eigenvalue weighted by molar-refractivity contribution is 6.05. The molecule has 0 spiro atoms. The molecule has 34 heavy (non-hydrogen) atoms. The minimum absolute atomic E-state index is 0.0368. The van der Waals surface area contributed by atoms with E-state index in [-0.39, 0.29) is 17.0 Å². The molecule has 2 heterocycles. The number of aryl methyl sites for hydroxylation is 1. The number of hydrogen-bond acceptors (Lipinski definition) is 7. The zero-order valence-corrected chi connectivity index (χ0v) is 18.8. The van der Waals surface area contributed by atoms with Crippen molar-refractivity contribution >= 4 is 28.7 Å². The number of hydrogen-bond donors (Lipinski definition) is 1. The number of benzene rings is 2. The van der Waals surface area contributed by atoms with Crippen LogP contribution in [0.15, 0.2) is 59.0 Å². The van der Waals surface area contributed by atoms with Crippen molar-refractivity contribution in [3.63, 3.8) is 0 Å². The third-order valence-electron chi connectivity index (χ3n) is 5.41. The van der Waals surface area contributed by atoms with Gasteiger partial charge < -0.3 is 13.9 Å². The summed E-state index contributed by atoms with van der Waals surface area (Å²) >= 11 is 0. The number of furan rings is 1. The van der Waals surface area contributed by atoms with Gasteiger partial charge in [0.25, 0.3) is 5.91 Å². The first-order valence-electron chi connectivity index (χ1n) is 10.4. The topological polar surface area (TPSA) is 114 Å². The molecule has 1 amide bonds. The van der Waals surface area contributed by atoms with Gasteiger partial charge in [0.15, 0.2) is 6.61 Å². The number of nitrogens with one attached hydrogen (secondary N) is 1. The van der Waals surface area contributed by atoms with Crippen LogP contribution in [0, 0.1) is 25.2 Å². The number of pyridine rings is 1. The first-order valence-corrected chi connectivity index (χ1v) is 10.4. The molecule has 0 bridgehead atoms. The van der Waals surface area contributed by atoms with Crippen LogP contribution in [0.5, 0.6) is 5.75 Å². The van der Waals surface area contributed by atoms with E-state index in [1.807, 2.05) is 36.4 Å². The number of anilines is 1. The van der Waals surface area contributed by atoms with Crippen molar-refractivity contribution in [3.05, 3.63) is 77.0 Å². The van der Waals surface area contributed by atoms with Crippen LogP contribution in [-0.2, 0) is 9.53 Å². The molecule has 4 rings (SSSR count). The average molecular weight is 455 g/mol. The Labute approximate surface area is 195 Å². The lowest BCUT2D eigenvalue weighted by molar-refractivity contribution is -0.119. The molecule has 0 aliphatic heterocycles. The fraction of sp³-hybridized carbons (Fsp3) is 0.154. The molecule has 0 unspecified atom stereocenters. The lowest BCUT2D eigenvalue weighted by Gasteiger charge is -2.10. The van der Waals surface area contributed by atoms with E-state index in [0.29, 0.717) is 33.7 Å². The number of carbonyl (C=O) groups excluding carboxylic acids is 2. The van der Waals surface area contributed by atoms with E-state index in [4.69, 9.17) is 13.9 Å². The summed E-state index contributed by atoms with van der Waals surface area (Å²) in [4.78, 5) is 30.0. The summed E-state index contributed by atoms with van der Waals surface area (Å²) in [6.07, 6.45) is 0. The highest BCUT2D eigenvalue weighted by Gasteiger charge is 2.19. The molecule has 8 heteroatoms. The maximum absolute atomic E-state index is 13.0. The van der Waals surface area contributed by atoms with Crippen LogP contribution in [0.2, 0.25) is 0 Å². The van der Waals surface area contributed by atoms with Gasteiger partial charge >= 0.3 is 5.97 Å². The third kappa shape index (κ3) is 4.45. The van der Waals surface area contributed by atoms with Gasteiger partial charge in [-0.05, 0) is 50.2 Å². The molecule has 1 N–H and O–H groups in total. The van der Waals surface area contributed by atoms with E-state index in [1.54, 1.807) is 45.2 Å². The summed E-state index contributed by atoms with van der Waals surface area (Å²) in [5.41, 5.74) is 3.16. The zero-order chi connectivity index (χ0) is 24.2. The first kappa shape index (κ1) is 22.6. The second-order valence-corrected chi connectivity index (χ2v) is 7.52. The summed E-state index contributed by atoms with van der Waals surface area (Å²) in [5.74, 6) is -0.0206. The number of ether oxygens (including phenoxy) is 2. The number of fused-ring (bicyclic) bond motifs is 1. The Balaban J connectivity index is 1.56. The number of esters is 1. The number of para-hydroxylation sites is 1. The van der Waals surface area contributed by atoms with Gasteiger partial charge in [-0.3, -0.25) is 10.1 Å². The van der Waals surface area contributed by atoms with Crippen LogP contribution in [-0.4, -0.2) is 30.6 Å². The fourth-order valence-corrected chi connectivity index (χ4v) is 3.48. The molecule has 0 aliphatic rings. The van der Waals surface area contributed by atoms with Gasteiger partial charge in [0.05, 0.1) is 23.9 Å². The molecule has 4 aromatic rings. The van der Waals surface area contributed by atoms with Gasteiger partial charge in [-0.2, -0.15) is 5.26 Å². The molecule has 8 nitrogen and oxygen atoms in total. The average Bonchev–Trinajstić information content (AvgIpc) is 3.13. The van der Waals surface area contributed by atoms with Gasteiger partial charge in [-0.25, -0.2) is 9.78 Å². The van der Waals surface area contributed by atoms with Crippen LogP contribution in [0.4, 0.5) is 5.88 Å². The lowest BCUT2D eigenvalue weighted by atomic mass is 10.0. The van der Waals surface area contributed by atoms with Crippen LogP contribution < -0.4 is 10.1 Å². The molecule has 170 valence electrons. The van der Waals surface area contributed by atoms with Gasteiger partial charge in [0, 0.05) is 16.5 Å². The first-order chi connectivity index (χ1) is 16.4. The van der Waals surface area contributed by atoms with E-state index in [0.717, 1.165) is 5.56 Å². The lowest BCUT2D eigenvalue weighted by Crippen LogP contribution is -2.21. The van der Waals surface area contributed by atoms with Crippen LogP contribution in [0.25, 0.3) is 22.2 Å². The Bertz CT molecular complexity index is 1430. The van der Waals surface area contributed by atoms with Gasteiger partial charge in [0.1, 0.15) is 23.1 Å². The van der Waals surface area contributed by atoms with Gasteiger partial charge in [-0.15, -0.1) is 0 Å². The number of aromatic nitrogens is 1. The number of nitrogens with zero attached hydrogens (tertiary/aromatic N) is 2. The summed E-state index contributed by atoms with van der Waals surface area (Å²) in [6.45, 7) is 2.87. The minimum atomic E-state index is -0.671. The van der Waals surface area contributed by atoms with Crippen molar-refractivity contribution in [1.29, 1.82) is 5.26 Å². The normalized spacial score (nSPS) is 10.5. The van der Waals surface area contributed by atoms with Crippen molar-refractivity contribution in [2.75, 3.05) is 19.0 Å². The monoisotopic (exact) mass is 455 g/mol. The highest BCUT2D eigenvalue weighted by Crippen LogP contribution is 2.27. The summed E-state index contributed by atoms with van der Waals surface area (Å²) in [7, 11) is 1.59. The molecule has 2 aromatic carbocycles. The second-order valence-electron chi connectivity index (χ2n) is 7.52. The zero-order valence-electron chi connectivity index (χ0n) is 18.8. The largest absolute Gasteiger partial charge is 0.497 e. The third-order valence-corrected chi connectivity index (χ3v) is 5.41. The molecular formula is C26H21N3O5. The molecule has 0 saturated carbocycles. The Kier molecular flexibility index (Phi) is 6.28. The van der Waals surface area contributed by atoms with Gasteiger partial charge in [0.2, 0.25) is 5.88 Å². The molecule has 2 aromatic heterocycles. The van der Waals surface area contributed by atoms with Gasteiger partial charge in [-0.1, -0.05) is 18.2 Å². The van der Waals surface area contributed by atoms with E-state index in [9.17, 15) is 14.9 Å². The van der Waals surface area contributed by atoms with E-state index in [2.05, 4.69) is 10.3 Å². The predicted molar refractivity (Wildman–Crippen MR) is 126 cm³/mol. The predicted octanol–water partition coefficient (Wildman–Crippen LogP) is 4.79. The number of amides is 1. The van der Waals surface area contributed by atoms with Crippen molar-refractivity contribution in [2.45, 2.75) is 13.8 Å². The maximum atomic E-state index is 13.0. The molecule has 0 atom stereocenters. The van der Waals surface area contributed by atoms with Crippen molar-refractivity contribution in [1.82, 2.24) is 4.98 Å². The number of carbonyl (C=O) groups is 2. The quantitative estimate of drug-likeness (QED) is 0.416. The Morgan fingerprint density at radius 1 is 1.12 bits per heavy atom. The Hall–Kier alpha value is -4.64. The highest BCUT2D eigenvalue weighted by atomic mass is 16.5. The van der Waals surface area contributed by atoms with E-state index < -0.39 is 18.5 Å². The molecule has 0 saturated heterocycles. The molecule has 0 aliphatic carbocycles. The standard InChI is InChI=1S/C26H21N3O5/c1-15-16(2)34-25(21(15)13-27)29-24(30)14-33-26(31)20-12-23(17-8-10-18(32-3)11-9-17)28-22-7-5-4-6-19(20)22/h4-12H,14H2,1-3H3,(H,29,30). The molecule has 0 radical (unpaired) electrons.